The highest BCUT2D eigenvalue weighted by Gasteiger charge is 2.26. The van der Waals surface area contributed by atoms with E-state index in [1.54, 1.807) is 23.4 Å². The fourth-order valence-corrected chi connectivity index (χ4v) is 3.20. The summed E-state index contributed by atoms with van der Waals surface area (Å²) in [5, 5.41) is 3.62. The lowest BCUT2D eigenvalue weighted by atomic mass is 10.2. The molecular formula is C20H19N5O2. The van der Waals surface area contributed by atoms with Crippen molar-refractivity contribution >= 4 is 34.2 Å². The number of piperazine rings is 1. The molecular weight excluding hydrogens is 342 g/mol. The van der Waals surface area contributed by atoms with Crippen molar-refractivity contribution < 1.29 is 9.59 Å². The predicted molar refractivity (Wildman–Crippen MR) is 103 cm³/mol. The summed E-state index contributed by atoms with van der Waals surface area (Å²) >= 11 is 0. The van der Waals surface area contributed by atoms with E-state index in [9.17, 15) is 9.59 Å². The molecule has 0 unspecified atom stereocenters. The zero-order chi connectivity index (χ0) is 18.6. The van der Waals surface area contributed by atoms with Crippen molar-refractivity contribution in [2.24, 2.45) is 0 Å². The van der Waals surface area contributed by atoms with Crippen LogP contribution in [0.2, 0.25) is 0 Å². The molecule has 0 atom stereocenters. The number of amides is 2. The Hall–Kier alpha value is -3.48. The second-order valence-corrected chi connectivity index (χ2v) is 6.30. The number of anilines is 2. The van der Waals surface area contributed by atoms with Gasteiger partial charge in [0, 0.05) is 44.0 Å². The molecule has 1 saturated heterocycles. The van der Waals surface area contributed by atoms with Gasteiger partial charge in [-0.25, -0.2) is 4.98 Å². The van der Waals surface area contributed by atoms with E-state index in [0.29, 0.717) is 37.4 Å². The number of fused-ring (bicyclic) bond motifs is 1. The fourth-order valence-electron chi connectivity index (χ4n) is 3.20. The largest absolute Gasteiger partial charge is 0.353 e. The Bertz CT molecular complexity index is 963. The number of carbonyl (C=O) groups is 2. The summed E-state index contributed by atoms with van der Waals surface area (Å²) in [4.78, 5) is 37.3. The van der Waals surface area contributed by atoms with Crippen LogP contribution in [0.25, 0.3) is 10.9 Å². The van der Waals surface area contributed by atoms with Gasteiger partial charge in [0.05, 0.1) is 11.2 Å². The molecule has 7 heteroatoms. The second kappa shape index (κ2) is 7.41. The van der Waals surface area contributed by atoms with E-state index >= 15 is 0 Å². The van der Waals surface area contributed by atoms with Crippen molar-refractivity contribution in [3.63, 3.8) is 0 Å². The average Bonchev–Trinajstić information content (AvgIpc) is 2.74. The maximum atomic E-state index is 12.5. The van der Waals surface area contributed by atoms with Crippen LogP contribution in [0.3, 0.4) is 0 Å². The number of hydrogen-bond donors (Lipinski definition) is 1. The Morgan fingerprint density at radius 2 is 1.63 bits per heavy atom. The second-order valence-electron chi connectivity index (χ2n) is 6.30. The molecule has 0 spiro atoms. The van der Waals surface area contributed by atoms with Gasteiger partial charge < -0.3 is 15.1 Å². The summed E-state index contributed by atoms with van der Waals surface area (Å²) < 4.78 is 0. The van der Waals surface area contributed by atoms with E-state index in [1.165, 1.54) is 0 Å². The van der Waals surface area contributed by atoms with Crippen molar-refractivity contribution in [3.8, 4) is 0 Å². The van der Waals surface area contributed by atoms with Crippen molar-refractivity contribution in [3.05, 3.63) is 60.9 Å². The van der Waals surface area contributed by atoms with Gasteiger partial charge in [-0.3, -0.25) is 14.6 Å². The summed E-state index contributed by atoms with van der Waals surface area (Å²) in [6, 6.07) is 15.0. The van der Waals surface area contributed by atoms with Gasteiger partial charge in [0.1, 0.15) is 5.82 Å². The maximum absolute atomic E-state index is 12.5. The monoisotopic (exact) mass is 361 g/mol. The minimum Gasteiger partial charge on any atom is -0.353 e. The molecule has 1 aromatic carbocycles. The summed E-state index contributed by atoms with van der Waals surface area (Å²) in [6.45, 7) is 2.25. The number of carbonyl (C=O) groups excluding carboxylic acids is 2. The minimum atomic E-state index is -0.639. The van der Waals surface area contributed by atoms with Gasteiger partial charge in [-0.05, 0) is 24.3 Å². The van der Waals surface area contributed by atoms with Crippen LogP contribution in [-0.2, 0) is 9.59 Å². The van der Waals surface area contributed by atoms with E-state index in [4.69, 9.17) is 0 Å². The maximum Gasteiger partial charge on any atom is 0.313 e. The number of aromatic nitrogens is 2. The van der Waals surface area contributed by atoms with Crippen molar-refractivity contribution in [2.75, 3.05) is 36.4 Å². The molecule has 136 valence electrons. The van der Waals surface area contributed by atoms with Crippen LogP contribution < -0.4 is 10.2 Å². The summed E-state index contributed by atoms with van der Waals surface area (Å²) in [7, 11) is 0. The number of rotatable bonds is 2. The molecule has 0 aliphatic carbocycles. The van der Waals surface area contributed by atoms with Crippen LogP contribution in [-0.4, -0.2) is 52.9 Å². The van der Waals surface area contributed by atoms with Crippen LogP contribution in [0.4, 0.5) is 11.5 Å². The van der Waals surface area contributed by atoms with Crippen molar-refractivity contribution in [2.45, 2.75) is 0 Å². The molecule has 0 bridgehead atoms. The summed E-state index contributed by atoms with van der Waals surface area (Å²) in [5.41, 5.74) is 1.21. The first-order valence-corrected chi connectivity index (χ1v) is 8.82. The number of para-hydroxylation sites is 1. The molecule has 7 nitrogen and oxygen atoms in total. The van der Waals surface area contributed by atoms with Gasteiger partial charge in [0.25, 0.3) is 0 Å². The minimum absolute atomic E-state index is 0.483. The first kappa shape index (κ1) is 17.0. The first-order valence-electron chi connectivity index (χ1n) is 8.82. The molecule has 27 heavy (non-hydrogen) atoms. The van der Waals surface area contributed by atoms with Crippen molar-refractivity contribution in [1.82, 2.24) is 14.9 Å². The number of hydrogen-bond acceptors (Lipinski definition) is 5. The molecule has 1 aliphatic heterocycles. The van der Waals surface area contributed by atoms with Crippen LogP contribution in [0, 0.1) is 0 Å². The normalized spacial score (nSPS) is 14.2. The number of nitrogens with zero attached hydrogens (tertiary/aromatic N) is 4. The molecule has 1 fully saturated rings. The summed E-state index contributed by atoms with van der Waals surface area (Å²) in [6.07, 6.45) is 3.41. The Balaban J connectivity index is 1.40. The Morgan fingerprint density at radius 1 is 0.852 bits per heavy atom. The highest BCUT2D eigenvalue weighted by atomic mass is 16.2. The third-order valence-electron chi connectivity index (χ3n) is 4.62. The lowest BCUT2D eigenvalue weighted by Crippen LogP contribution is -2.51. The zero-order valence-corrected chi connectivity index (χ0v) is 14.7. The third-order valence-corrected chi connectivity index (χ3v) is 4.62. The molecule has 3 aromatic rings. The smallest absolute Gasteiger partial charge is 0.313 e. The first-order chi connectivity index (χ1) is 13.2. The molecule has 0 radical (unpaired) electrons. The quantitative estimate of drug-likeness (QED) is 0.706. The summed E-state index contributed by atoms with van der Waals surface area (Å²) in [5.74, 6) is -0.279. The highest BCUT2D eigenvalue weighted by Crippen LogP contribution is 2.21. The van der Waals surface area contributed by atoms with Gasteiger partial charge in [0.15, 0.2) is 0 Å². The van der Waals surface area contributed by atoms with Crippen LogP contribution in [0.15, 0.2) is 60.9 Å². The van der Waals surface area contributed by atoms with Gasteiger partial charge >= 0.3 is 11.8 Å². The van der Waals surface area contributed by atoms with Gasteiger partial charge in [-0.15, -0.1) is 0 Å². The van der Waals surface area contributed by atoms with Crippen LogP contribution in [0.5, 0.6) is 0 Å². The fraction of sp³-hybridized carbons (Fsp3) is 0.200. The van der Waals surface area contributed by atoms with Gasteiger partial charge in [-0.2, -0.15) is 0 Å². The Labute approximate surface area is 156 Å². The molecule has 1 N–H and O–H groups in total. The number of pyridine rings is 2. The zero-order valence-electron chi connectivity index (χ0n) is 14.7. The molecule has 2 aromatic heterocycles. The van der Waals surface area contributed by atoms with E-state index in [-0.39, 0.29) is 0 Å². The topological polar surface area (TPSA) is 78.4 Å². The van der Waals surface area contributed by atoms with E-state index in [2.05, 4.69) is 20.2 Å². The highest BCUT2D eigenvalue weighted by molar-refractivity contribution is 6.40. The van der Waals surface area contributed by atoms with E-state index < -0.39 is 11.8 Å². The lowest BCUT2D eigenvalue weighted by Gasteiger charge is -2.35. The molecule has 4 rings (SSSR count). The van der Waals surface area contributed by atoms with Gasteiger partial charge in [-0.1, -0.05) is 24.3 Å². The van der Waals surface area contributed by atoms with Gasteiger partial charge in [0.2, 0.25) is 0 Å². The third kappa shape index (κ3) is 3.57. The lowest BCUT2D eigenvalue weighted by molar-refractivity contribution is -0.143. The molecule has 3 heterocycles. The molecule has 0 saturated carbocycles. The predicted octanol–water partition coefficient (Wildman–Crippen LogP) is 1.92. The Morgan fingerprint density at radius 3 is 2.41 bits per heavy atom. The van der Waals surface area contributed by atoms with Crippen LogP contribution in [0.1, 0.15) is 0 Å². The van der Waals surface area contributed by atoms with Crippen molar-refractivity contribution in [1.29, 1.82) is 0 Å². The number of benzene rings is 1. The molecule has 1 aliphatic rings. The average molecular weight is 361 g/mol. The van der Waals surface area contributed by atoms with Crippen LogP contribution >= 0.6 is 0 Å². The molecule has 2 amide bonds. The van der Waals surface area contributed by atoms with E-state index in [1.807, 2.05) is 42.5 Å². The SMILES string of the molecule is O=C(Nc1cccc2cccnc12)C(=O)N1CCN(c2ccccn2)CC1. The Kier molecular flexibility index (Phi) is 4.65. The van der Waals surface area contributed by atoms with E-state index in [0.717, 1.165) is 11.2 Å². The number of nitrogens with one attached hydrogen (secondary N) is 1. The standard InChI is InChI=1S/C20H19N5O2/c26-19(23-16-7-3-5-15-6-4-10-22-18(15)16)20(27)25-13-11-24(12-14-25)17-8-1-2-9-21-17/h1-10H,11-14H2,(H,23,26).